The maximum atomic E-state index is 12.0. The average molecular weight is 720 g/mol. The van der Waals surface area contributed by atoms with Gasteiger partial charge in [0.15, 0.2) is 0 Å². The van der Waals surface area contributed by atoms with Crippen molar-refractivity contribution < 1.29 is 40.6 Å². The van der Waals surface area contributed by atoms with Crippen molar-refractivity contribution in [1.29, 1.82) is 0 Å². The van der Waals surface area contributed by atoms with E-state index in [1.807, 2.05) is 27.8 Å². The summed E-state index contributed by atoms with van der Waals surface area (Å²) in [6.07, 6.45) is 16.1. The zero-order chi connectivity index (χ0) is 25.5. The monoisotopic (exact) mass is 719 g/mol. The Morgan fingerprint density at radius 1 is 1.28 bits per heavy atom. The number of morpholine rings is 1. The van der Waals surface area contributed by atoms with Crippen LogP contribution in [0, 0.1) is 49.2 Å². The number of carbonyl (C=O) groups is 1. The Bertz CT molecular complexity index is 942. The van der Waals surface area contributed by atoms with E-state index in [0.29, 0.717) is 36.8 Å². The summed E-state index contributed by atoms with van der Waals surface area (Å²) in [6.45, 7) is 11.0. The van der Waals surface area contributed by atoms with Crippen LogP contribution in [0.5, 0.6) is 0 Å². The molecule has 0 atom stereocenters. The van der Waals surface area contributed by atoms with Crippen LogP contribution in [-0.2, 0) is 9.53 Å². The minimum absolute atomic E-state index is 0. The molecule has 36 heavy (non-hydrogen) atoms. The fourth-order valence-electron chi connectivity index (χ4n) is 3.57. The normalized spacial score (nSPS) is 16.9. The number of anilines is 1. The summed E-state index contributed by atoms with van der Waals surface area (Å²) < 4.78 is 5.48. The van der Waals surface area contributed by atoms with E-state index in [1.54, 1.807) is 6.08 Å². The number of ether oxygens (including phenoxy) is 1. The summed E-state index contributed by atoms with van der Waals surface area (Å²) in [5, 5.41) is 3.21. The Labute approximate surface area is 241 Å². The van der Waals surface area contributed by atoms with Gasteiger partial charge in [0, 0.05) is 31.7 Å². The molecule has 2 fully saturated rings. The number of hydrogen-bond acceptors (Lipinski definition) is 6. The number of carbonyl (C=O) groups excluding carboxylic acids is 1. The number of ketones is 1. The third-order valence-electron chi connectivity index (χ3n) is 5.59. The number of Topliss-reactive ketones (excluding diaryl/α,β-unsaturated/α-hetero) is 1. The molecule has 0 bridgehead atoms. The van der Waals surface area contributed by atoms with Gasteiger partial charge in [-0.3, -0.25) is 11.8 Å². The fraction of sp³-hybridized carbons (Fsp3) is 0.607. The summed E-state index contributed by atoms with van der Waals surface area (Å²) in [7, 11) is 1.87. The Morgan fingerprint density at radius 3 is 2.61 bits per heavy atom. The quantitative estimate of drug-likeness (QED) is 0.185. The van der Waals surface area contributed by atoms with Gasteiger partial charge in [0.05, 0.1) is 13.2 Å². The maximum absolute atomic E-state index is 12.0. The van der Waals surface area contributed by atoms with Gasteiger partial charge in [-0.1, -0.05) is 46.6 Å². The summed E-state index contributed by atoms with van der Waals surface area (Å²) in [5.74, 6) is 2.23. The van der Waals surface area contributed by atoms with Gasteiger partial charge < -0.3 is 36.9 Å². The number of unbranched alkanes of at least 4 members (excludes halogenated alkanes) is 1. The van der Waals surface area contributed by atoms with Gasteiger partial charge in [-0.2, -0.15) is 4.99 Å². The average Bonchev–Trinajstić information content (AvgIpc) is 3.71. The third-order valence-corrected chi connectivity index (χ3v) is 5.59. The molecule has 0 spiro atoms. The summed E-state index contributed by atoms with van der Waals surface area (Å²) in [4.78, 5) is 26.7. The number of aromatic nitrogens is 2. The predicted molar refractivity (Wildman–Crippen MR) is 142 cm³/mol. The van der Waals surface area contributed by atoms with Crippen LogP contribution in [0.4, 0.5) is 5.82 Å². The Kier molecular flexibility index (Phi) is 16.7. The van der Waals surface area contributed by atoms with E-state index in [2.05, 4.69) is 46.4 Å². The first kappa shape index (κ1) is 32.4. The standard InChI is InChI=1S/C26H37N5O2.C2H6.U/c1-4-6-8-21(17-20-9-10-20)18-24(27-3)29-26-28-22(11-12-23(32)7-5-2)19-25(30-26)31-13-15-33-16-14-31;1-2;/h8,11,18,20,27H,4-7,9-10,13-17H2,1-3H3,(H,28,29,30);1-2H3;/q-2;;+2/b21-8+,24-18+;;. The largest absolute Gasteiger partial charge is 2.00 e. The SMILES string of the molecule is CC.CCC/C=C(/C=C(/N=c1\nc(N2CCOCC2)[c-]c(C=[C-]C(=O)CCC)[nH]1)NC)CC1CC1.[U+2]. The topological polar surface area (TPSA) is 82.6 Å². The zero-order valence-corrected chi connectivity index (χ0v) is 26.9. The van der Waals surface area contributed by atoms with Gasteiger partial charge >= 0.3 is 31.1 Å². The van der Waals surface area contributed by atoms with Crippen LogP contribution in [0.2, 0.25) is 0 Å². The molecule has 7 nitrogen and oxygen atoms in total. The van der Waals surface area contributed by atoms with Gasteiger partial charge in [-0.25, -0.2) is 4.98 Å². The number of nitrogens with one attached hydrogen (secondary N) is 2. The van der Waals surface area contributed by atoms with Crippen molar-refractivity contribution in [3.05, 3.63) is 47.0 Å². The first-order chi connectivity index (χ1) is 17.1. The number of nitrogens with zero attached hydrogens (tertiary/aromatic N) is 3. The molecular weight excluding hydrogens is 676 g/mol. The minimum atomic E-state index is -0.0240. The Morgan fingerprint density at radius 2 is 2.00 bits per heavy atom. The van der Waals surface area contributed by atoms with Gasteiger partial charge in [0.2, 0.25) is 5.62 Å². The van der Waals surface area contributed by atoms with E-state index >= 15 is 0 Å². The van der Waals surface area contributed by atoms with E-state index in [9.17, 15) is 4.79 Å². The first-order valence-electron chi connectivity index (χ1n) is 13.2. The second-order valence-electron chi connectivity index (χ2n) is 8.59. The van der Waals surface area contributed by atoms with Crippen LogP contribution < -0.4 is 15.8 Å². The van der Waals surface area contributed by atoms with Crippen LogP contribution >= 0.6 is 0 Å². The molecule has 8 heteroatoms. The van der Waals surface area contributed by atoms with Gasteiger partial charge in [0.1, 0.15) is 5.82 Å². The molecule has 0 amide bonds. The number of rotatable bonds is 12. The molecule has 0 aromatic carbocycles. The van der Waals surface area contributed by atoms with Crippen LogP contribution in [0.15, 0.2) is 28.5 Å². The maximum Gasteiger partial charge on any atom is 2.00 e. The molecular formula is C28H43N5O2U. The molecule has 1 aliphatic heterocycles. The second-order valence-corrected chi connectivity index (χ2v) is 8.59. The van der Waals surface area contributed by atoms with Crippen LogP contribution in [0.1, 0.15) is 78.3 Å². The molecule has 2 aliphatic rings. The van der Waals surface area contributed by atoms with Crippen molar-refractivity contribution in [3.63, 3.8) is 0 Å². The molecule has 2 heterocycles. The van der Waals surface area contributed by atoms with Crippen molar-refractivity contribution in [2.45, 2.75) is 72.6 Å². The molecule has 1 aromatic heterocycles. The predicted octanol–water partition coefficient (Wildman–Crippen LogP) is 4.75. The van der Waals surface area contributed by atoms with Crippen molar-refractivity contribution in [2.24, 2.45) is 10.9 Å². The molecule has 0 radical (unpaired) electrons. The Hall–Kier alpha value is -1.62. The van der Waals surface area contributed by atoms with E-state index < -0.39 is 0 Å². The van der Waals surface area contributed by atoms with Crippen LogP contribution in [0.3, 0.4) is 0 Å². The van der Waals surface area contributed by atoms with Gasteiger partial charge in [-0.05, 0) is 49.7 Å². The van der Waals surface area contributed by atoms with Crippen LogP contribution in [-0.4, -0.2) is 49.1 Å². The number of aromatic amines is 1. The van der Waals surface area contributed by atoms with Crippen molar-refractivity contribution in [3.8, 4) is 0 Å². The third kappa shape index (κ3) is 12.1. The summed E-state index contributed by atoms with van der Waals surface area (Å²) >= 11 is 0. The molecule has 196 valence electrons. The molecule has 0 unspecified atom stereocenters. The van der Waals surface area contributed by atoms with Crippen molar-refractivity contribution >= 4 is 17.7 Å². The van der Waals surface area contributed by atoms with Crippen molar-refractivity contribution in [1.82, 2.24) is 15.3 Å². The minimum Gasteiger partial charge on any atom is -0.437 e. The van der Waals surface area contributed by atoms with E-state index in [1.165, 1.54) is 18.4 Å². The van der Waals surface area contributed by atoms with E-state index in [0.717, 1.165) is 50.5 Å². The first-order valence-corrected chi connectivity index (χ1v) is 13.2. The molecule has 1 aliphatic carbocycles. The van der Waals surface area contributed by atoms with Gasteiger partial charge in [-0.15, -0.1) is 0 Å². The van der Waals surface area contributed by atoms with E-state index in [-0.39, 0.29) is 36.9 Å². The Balaban J connectivity index is 0.00000211. The molecule has 1 saturated carbocycles. The molecule has 3 rings (SSSR count). The second kappa shape index (κ2) is 18.6. The smallest absolute Gasteiger partial charge is 0.437 e. The van der Waals surface area contributed by atoms with Gasteiger partial charge in [0.25, 0.3) is 0 Å². The summed E-state index contributed by atoms with van der Waals surface area (Å²) in [5.41, 5.74) is 2.42. The summed E-state index contributed by atoms with van der Waals surface area (Å²) in [6, 6.07) is 3.27. The van der Waals surface area contributed by atoms with Crippen LogP contribution in [0.25, 0.3) is 6.08 Å². The zero-order valence-electron chi connectivity index (χ0n) is 22.7. The molecule has 1 aromatic rings. The number of H-pyrrole nitrogens is 1. The van der Waals surface area contributed by atoms with Crippen molar-refractivity contribution in [2.75, 3.05) is 38.3 Å². The van der Waals surface area contributed by atoms with E-state index in [4.69, 9.17) is 14.7 Å². The number of allylic oxidation sites excluding steroid dienone is 4. The fourth-order valence-corrected chi connectivity index (χ4v) is 3.57. The molecule has 1 saturated heterocycles. The molecule has 2 N–H and O–H groups in total. The number of hydrogen-bond donors (Lipinski definition) is 2.